The minimum atomic E-state index is 0.0336. The van der Waals surface area contributed by atoms with E-state index < -0.39 is 0 Å². The molecular weight excluding hydrogens is 288 g/mol. The van der Waals surface area contributed by atoms with E-state index in [1.807, 2.05) is 42.8 Å². The Bertz CT molecular complexity index is 695. The Hall–Kier alpha value is -2.01. The van der Waals surface area contributed by atoms with Crippen LogP contribution in [0.25, 0.3) is 0 Å². The molecule has 0 saturated carbocycles. The lowest BCUT2D eigenvalue weighted by Crippen LogP contribution is -2.39. The highest BCUT2D eigenvalue weighted by atomic mass is 35.5. The Morgan fingerprint density at radius 3 is 2.90 bits per heavy atom. The number of para-hydroxylation sites is 2. The molecule has 0 aliphatic carbocycles. The molecule has 0 unspecified atom stereocenters. The average molecular weight is 305 g/mol. The third-order valence-corrected chi connectivity index (χ3v) is 4.18. The zero-order valence-electron chi connectivity index (χ0n) is 12.1. The van der Waals surface area contributed by atoms with Gasteiger partial charge < -0.3 is 10.2 Å². The second-order valence-electron chi connectivity index (χ2n) is 5.01. The molecule has 3 rings (SSSR count). The van der Waals surface area contributed by atoms with E-state index in [1.54, 1.807) is 4.90 Å². The second kappa shape index (κ2) is 5.41. The number of aromatic nitrogens is 2. The number of hydrogen-bond acceptors (Lipinski definition) is 3. The predicted octanol–water partition coefficient (Wildman–Crippen LogP) is 2.82. The molecule has 0 atom stereocenters. The summed E-state index contributed by atoms with van der Waals surface area (Å²) in [5.41, 5.74) is 3.52. The van der Waals surface area contributed by atoms with E-state index in [0.29, 0.717) is 18.1 Å². The summed E-state index contributed by atoms with van der Waals surface area (Å²) in [6, 6.07) is 7.79. The van der Waals surface area contributed by atoms with Crippen molar-refractivity contribution in [3.05, 3.63) is 40.7 Å². The predicted molar refractivity (Wildman–Crippen MR) is 83.8 cm³/mol. The number of hydrogen-bond donors (Lipinski definition) is 1. The minimum Gasteiger partial charge on any atom is -0.374 e. The van der Waals surface area contributed by atoms with Crippen molar-refractivity contribution in [1.82, 2.24) is 9.78 Å². The first-order valence-electron chi connectivity index (χ1n) is 6.97. The number of fused-ring (bicyclic) bond motifs is 1. The Morgan fingerprint density at radius 1 is 1.38 bits per heavy atom. The maximum absolute atomic E-state index is 12.3. The number of halogens is 1. The third-order valence-electron chi connectivity index (χ3n) is 3.69. The monoisotopic (exact) mass is 304 g/mol. The summed E-state index contributed by atoms with van der Waals surface area (Å²) in [6.45, 7) is 5.36. The van der Waals surface area contributed by atoms with Crippen molar-refractivity contribution in [3.8, 4) is 0 Å². The molecule has 1 aromatic carbocycles. The lowest BCUT2D eigenvalue weighted by atomic mass is 10.2. The van der Waals surface area contributed by atoms with Crippen molar-refractivity contribution in [2.75, 3.05) is 16.8 Å². The molecule has 6 heteroatoms. The van der Waals surface area contributed by atoms with Gasteiger partial charge in [0.15, 0.2) is 0 Å². The molecule has 0 bridgehead atoms. The zero-order chi connectivity index (χ0) is 15.0. The fourth-order valence-corrected chi connectivity index (χ4v) is 2.80. The molecule has 21 heavy (non-hydrogen) atoms. The summed E-state index contributed by atoms with van der Waals surface area (Å²) in [6.07, 6.45) is 0. The number of nitrogens with one attached hydrogen (secondary N) is 1. The van der Waals surface area contributed by atoms with Crippen LogP contribution in [-0.2, 0) is 17.9 Å². The highest BCUT2D eigenvalue weighted by Gasteiger charge is 2.26. The van der Waals surface area contributed by atoms with E-state index in [9.17, 15) is 4.79 Å². The van der Waals surface area contributed by atoms with E-state index in [0.717, 1.165) is 29.3 Å². The topological polar surface area (TPSA) is 50.2 Å². The smallest absolute Gasteiger partial charge is 0.246 e. The molecule has 1 N–H and O–H groups in total. The number of benzene rings is 1. The molecule has 2 heterocycles. The van der Waals surface area contributed by atoms with Gasteiger partial charge in [0.25, 0.3) is 0 Å². The Labute approximate surface area is 128 Å². The van der Waals surface area contributed by atoms with Crippen LogP contribution < -0.4 is 10.2 Å². The first-order chi connectivity index (χ1) is 10.1. The fourth-order valence-electron chi connectivity index (χ4n) is 2.60. The summed E-state index contributed by atoms with van der Waals surface area (Å²) in [4.78, 5) is 14.0. The number of carbonyl (C=O) groups is 1. The SMILES string of the molecule is CCn1nc(C)c(Cl)c1CN1C(=O)CNc2ccccc21. The van der Waals surface area contributed by atoms with E-state index in [1.165, 1.54) is 0 Å². The molecular formula is C15H17ClN4O. The number of nitrogens with zero attached hydrogens (tertiary/aromatic N) is 3. The quantitative estimate of drug-likeness (QED) is 0.948. The van der Waals surface area contributed by atoms with Gasteiger partial charge in [-0.2, -0.15) is 5.10 Å². The highest BCUT2D eigenvalue weighted by molar-refractivity contribution is 6.32. The van der Waals surface area contributed by atoms with Crippen molar-refractivity contribution in [2.24, 2.45) is 0 Å². The zero-order valence-corrected chi connectivity index (χ0v) is 12.8. The van der Waals surface area contributed by atoms with Gasteiger partial charge in [0.1, 0.15) is 0 Å². The van der Waals surface area contributed by atoms with Gasteiger partial charge in [-0.1, -0.05) is 23.7 Å². The van der Waals surface area contributed by atoms with E-state index in [-0.39, 0.29) is 5.91 Å². The molecule has 0 radical (unpaired) electrons. The molecule has 1 aromatic heterocycles. The Kier molecular flexibility index (Phi) is 3.59. The van der Waals surface area contributed by atoms with Crippen molar-refractivity contribution < 1.29 is 4.79 Å². The lowest BCUT2D eigenvalue weighted by Gasteiger charge is -2.30. The number of carbonyl (C=O) groups excluding carboxylic acids is 1. The number of rotatable bonds is 3. The number of amides is 1. The molecule has 0 spiro atoms. The van der Waals surface area contributed by atoms with Gasteiger partial charge in [0.2, 0.25) is 5.91 Å². The summed E-state index contributed by atoms with van der Waals surface area (Å²) in [5, 5.41) is 8.18. The van der Waals surface area contributed by atoms with Gasteiger partial charge in [-0.05, 0) is 26.0 Å². The van der Waals surface area contributed by atoms with Gasteiger partial charge in [-0.3, -0.25) is 9.48 Å². The minimum absolute atomic E-state index is 0.0336. The molecule has 5 nitrogen and oxygen atoms in total. The maximum atomic E-state index is 12.3. The van der Waals surface area contributed by atoms with E-state index in [4.69, 9.17) is 11.6 Å². The van der Waals surface area contributed by atoms with Crippen LogP contribution in [0.1, 0.15) is 18.3 Å². The molecule has 0 saturated heterocycles. The number of aryl methyl sites for hydroxylation is 2. The van der Waals surface area contributed by atoms with Crippen LogP contribution in [0.15, 0.2) is 24.3 Å². The van der Waals surface area contributed by atoms with Crippen LogP contribution in [0.3, 0.4) is 0 Å². The van der Waals surface area contributed by atoms with Crippen LogP contribution in [0.2, 0.25) is 5.02 Å². The largest absolute Gasteiger partial charge is 0.374 e. The molecule has 1 aliphatic rings. The molecule has 110 valence electrons. The summed E-state index contributed by atoms with van der Waals surface area (Å²) < 4.78 is 1.86. The first kappa shape index (κ1) is 13.9. The fraction of sp³-hybridized carbons (Fsp3) is 0.333. The van der Waals surface area contributed by atoms with Crippen LogP contribution in [-0.4, -0.2) is 22.2 Å². The summed E-state index contributed by atoms with van der Waals surface area (Å²) in [7, 11) is 0. The van der Waals surface area contributed by atoms with Crippen LogP contribution in [0.4, 0.5) is 11.4 Å². The highest BCUT2D eigenvalue weighted by Crippen LogP contribution is 2.32. The van der Waals surface area contributed by atoms with Crippen molar-refractivity contribution in [2.45, 2.75) is 26.9 Å². The van der Waals surface area contributed by atoms with E-state index >= 15 is 0 Å². The Balaban J connectivity index is 2.00. The Morgan fingerprint density at radius 2 is 2.14 bits per heavy atom. The van der Waals surface area contributed by atoms with Crippen LogP contribution in [0, 0.1) is 6.92 Å². The van der Waals surface area contributed by atoms with Gasteiger partial charge >= 0.3 is 0 Å². The van der Waals surface area contributed by atoms with Gasteiger partial charge in [0, 0.05) is 6.54 Å². The summed E-state index contributed by atoms with van der Waals surface area (Å²) in [5.74, 6) is 0.0336. The number of anilines is 2. The van der Waals surface area contributed by atoms with Gasteiger partial charge in [0.05, 0.1) is 40.9 Å². The first-order valence-corrected chi connectivity index (χ1v) is 7.34. The van der Waals surface area contributed by atoms with Crippen molar-refractivity contribution >= 4 is 28.9 Å². The second-order valence-corrected chi connectivity index (χ2v) is 5.39. The van der Waals surface area contributed by atoms with Crippen LogP contribution in [0.5, 0.6) is 0 Å². The average Bonchev–Trinajstić information content (AvgIpc) is 2.77. The third kappa shape index (κ3) is 2.38. The van der Waals surface area contributed by atoms with Crippen molar-refractivity contribution in [1.29, 1.82) is 0 Å². The molecule has 1 aliphatic heterocycles. The molecule has 0 fully saturated rings. The molecule has 1 amide bonds. The van der Waals surface area contributed by atoms with E-state index in [2.05, 4.69) is 10.4 Å². The summed E-state index contributed by atoms with van der Waals surface area (Å²) >= 11 is 6.35. The van der Waals surface area contributed by atoms with Gasteiger partial charge in [-0.15, -0.1) is 0 Å². The van der Waals surface area contributed by atoms with Gasteiger partial charge in [-0.25, -0.2) is 0 Å². The van der Waals surface area contributed by atoms with Crippen LogP contribution >= 0.6 is 11.6 Å². The lowest BCUT2D eigenvalue weighted by molar-refractivity contribution is -0.117. The molecule has 2 aromatic rings. The normalized spacial score (nSPS) is 14.0. The standard InChI is InChI=1S/C15H17ClN4O/c1-3-20-13(15(16)10(2)18-20)9-19-12-7-5-4-6-11(12)17-8-14(19)21/h4-7,17H,3,8-9H2,1-2H3. The van der Waals surface area contributed by atoms with Crippen molar-refractivity contribution in [3.63, 3.8) is 0 Å². The maximum Gasteiger partial charge on any atom is 0.246 e.